The number of rotatable bonds is 5. The van der Waals surface area contributed by atoms with E-state index in [0.717, 1.165) is 11.4 Å². The highest BCUT2D eigenvalue weighted by molar-refractivity contribution is 5.90. The Balaban J connectivity index is 2.54. The Labute approximate surface area is 113 Å². The number of carbonyl (C=O) groups is 2. The molecular formula is C13H22N4O2. The maximum absolute atomic E-state index is 12.1. The third kappa shape index (κ3) is 4.73. The van der Waals surface area contributed by atoms with Gasteiger partial charge in [-0.05, 0) is 33.8 Å². The highest BCUT2D eigenvalue weighted by atomic mass is 16.2. The Bertz CT molecular complexity index is 465. The second kappa shape index (κ2) is 5.86. The van der Waals surface area contributed by atoms with Crippen molar-refractivity contribution < 1.29 is 9.59 Å². The molecule has 0 aliphatic rings. The molecule has 19 heavy (non-hydrogen) atoms. The molecule has 6 nitrogen and oxygen atoms in total. The van der Waals surface area contributed by atoms with Crippen LogP contribution >= 0.6 is 0 Å². The van der Waals surface area contributed by atoms with Gasteiger partial charge in [0.2, 0.25) is 11.8 Å². The fourth-order valence-corrected chi connectivity index (χ4v) is 1.84. The predicted molar refractivity (Wildman–Crippen MR) is 72.5 cm³/mol. The van der Waals surface area contributed by atoms with E-state index < -0.39 is 5.54 Å². The summed E-state index contributed by atoms with van der Waals surface area (Å²) in [4.78, 5) is 23.1. The molecule has 1 aromatic rings. The molecule has 1 rings (SSSR count). The van der Waals surface area contributed by atoms with Gasteiger partial charge in [-0.2, -0.15) is 5.10 Å². The highest BCUT2D eigenvalue weighted by Crippen LogP contribution is 2.06. The first-order valence-electron chi connectivity index (χ1n) is 6.31. The number of nitrogens with zero attached hydrogens (tertiary/aromatic N) is 1. The van der Waals surface area contributed by atoms with E-state index in [2.05, 4.69) is 20.8 Å². The molecule has 0 aromatic carbocycles. The van der Waals surface area contributed by atoms with Gasteiger partial charge < -0.3 is 10.6 Å². The van der Waals surface area contributed by atoms with E-state index in [0.29, 0.717) is 6.42 Å². The van der Waals surface area contributed by atoms with Crippen LogP contribution in [0, 0.1) is 6.92 Å². The van der Waals surface area contributed by atoms with E-state index in [1.807, 2.05) is 19.9 Å². The number of aryl methyl sites for hydroxylation is 1. The van der Waals surface area contributed by atoms with Crippen molar-refractivity contribution in [1.29, 1.82) is 0 Å². The summed E-state index contributed by atoms with van der Waals surface area (Å²) in [7, 11) is 0. The van der Waals surface area contributed by atoms with Gasteiger partial charge in [0.25, 0.3) is 0 Å². The normalized spacial score (nSPS) is 12.9. The molecule has 106 valence electrons. The number of H-pyrrole nitrogens is 1. The van der Waals surface area contributed by atoms with Crippen LogP contribution in [0.5, 0.6) is 0 Å². The number of aromatic amines is 1. The molecule has 1 heterocycles. The lowest BCUT2D eigenvalue weighted by molar-refractivity contribution is -0.131. The Hall–Kier alpha value is -1.85. The molecular weight excluding hydrogens is 244 g/mol. The van der Waals surface area contributed by atoms with Crippen LogP contribution in [-0.2, 0) is 16.0 Å². The first kappa shape index (κ1) is 15.2. The van der Waals surface area contributed by atoms with Crippen molar-refractivity contribution in [2.75, 3.05) is 0 Å². The number of aromatic nitrogens is 2. The van der Waals surface area contributed by atoms with Gasteiger partial charge in [0, 0.05) is 25.1 Å². The summed E-state index contributed by atoms with van der Waals surface area (Å²) in [6, 6.07) is 1.89. The molecule has 6 heteroatoms. The molecule has 0 bridgehead atoms. The summed E-state index contributed by atoms with van der Waals surface area (Å²) in [5.41, 5.74) is 0.983. The molecule has 0 aliphatic carbocycles. The lowest BCUT2D eigenvalue weighted by Crippen LogP contribution is -2.56. The van der Waals surface area contributed by atoms with E-state index in [4.69, 9.17) is 0 Å². The van der Waals surface area contributed by atoms with Gasteiger partial charge >= 0.3 is 0 Å². The fourth-order valence-electron chi connectivity index (χ4n) is 1.84. The minimum atomic E-state index is -0.915. The summed E-state index contributed by atoms with van der Waals surface area (Å²) in [5.74, 6) is -0.432. The number of carbonyl (C=O) groups excluding carboxylic acids is 2. The van der Waals surface area contributed by atoms with Gasteiger partial charge in [-0.25, -0.2) is 0 Å². The van der Waals surface area contributed by atoms with Crippen LogP contribution in [0.2, 0.25) is 0 Å². The molecule has 0 fully saturated rings. The van der Waals surface area contributed by atoms with Gasteiger partial charge in [-0.15, -0.1) is 0 Å². The van der Waals surface area contributed by atoms with E-state index in [1.165, 1.54) is 6.92 Å². The summed E-state index contributed by atoms with van der Waals surface area (Å²) < 4.78 is 0. The van der Waals surface area contributed by atoms with Gasteiger partial charge in [0.15, 0.2) is 0 Å². The molecule has 1 aromatic heterocycles. The Morgan fingerprint density at radius 3 is 2.58 bits per heavy atom. The minimum absolute atomic E-state index is 0.0526. The van der Waals surface area contributed by atoms with Crippen LogP contribution in [0.15, 0.2) is 6.07 Å². The zero-order valence-corrected chi connectivity index (χ0v) is 12.1. The first-order valence-corrected chi connectivity index (χ1v) is 6.31. The summed E-state index contributed by atoms with van der Waals surface area (Å²) in [6.45, 7) is 8.58. The Morgan fingerprint density at radius 2 is 2.11 bits per heavy atom. The number of hydrogen-bond donors (Lipinski definition) is 3. The maximum atomic E-state index is 12.1. The van der Waals surface area contributed by atoms with Crippen LogP contribution in [0.1, 0.15) is 39.1 Å². The molecule has 0 aliphatic heterocycles. The van der Waals surface area contributed by atoms with Crippen molar-refractivity contribution in [2.45, 2.75) is 52.6 Å². The van der Waals surface area contributed by atoms with Crippen LogP contribution in [0.4, 0.5) is 0 Å². The van der Waals surface area contributed by atoms with Crippen LogP contribution in [-0.4, -0.2) is 33.6 Å². The zero-order chi connectivity index (χ0) is 14.6. The van der Waals surface area contributed by atoms with Crippen molar-refractivity contribution in [2.24, 2.45) is 0 Å². The van der Waals surface area contributed by atoms with Crippen LogP contribution < -0.4 is 10.6 Å². The van der Waals surface area contributed by atoms with Crippen molar-refractivity contribution in [3.05, 3.63) is 17.5 Å². The SMILES string of the molecule is CC(=O)NC(C)(C)C(=O)N[C@H](C)Cc1cc(C)[nH]n1. The second-order valence-electron chi connectivity index (χ2n) is 5.43. The van der Waals surface area contributed by atoms with Gasteiger partial charge in [-0.3, -0.25) is 14.7 Å². The van der Waals surface area contributed by atoms with E-state index in [1.54, 1.807) is 13.8 Å². The largest absolute Gasteiger partial charge is 0.351 e. The maximum Gasteiger partial charge on any atom is 0.245 e. The Kier molecular flexibility index (Phi) is 4.69. The van der Waals surface area contributed by atoms with Crippen molar-refractivity contribution in [1.82, 2.24) is 20.8 Å². The third-order valence-electron chi connectivity index (χ3n) is 2.71. The van der Waals surface area contributed by atoms with Crippen LogP contribution in [0.3, 0.4) is 0 Å². The fraction of sp³-hybridized carbons (Fsp3) is 0.615. The van der Waals surface area contributed by atoms with Gasteiger partial charge in [0.05, 0.1) is 5.69 Å². The van der Waals surface area contributed by atoms with E-state index >= 15 is 0 Å². The molecule has 3 N–H and O–H groups in total. The Morgan fingerprint density at radius 1 is 1.47 bits per heavy atom. The first-order chi connectivity index (χ1) is 8.70. The number of hydrogen-bond acceptors (Lipinski definition) is 3. The quantitative estimate of drug-likeness (QED) is 0.732. The van der Waals surface area contributed by atoms with E-state index in [9.17, 15) is 9.59 Å². The number of amides is 2. The molecule has 1 atom stereocenters. The van der Waals surface area contributed by atoms with E-state index in [-0.39, 0.29) is 17.9 Å². The van der Waals surface area contributed by atoms with Crippen LogP contribution in [0.25, 0.3) is 0 Å². The predicted octanol–water partition coefficient (Wildman–Crippen LogP) is 0.680. The third-order valence-corrected chi connectivity index (χ3v) is 2.71. The molecule has 0 saturated heterocycles. The number of nitrogens with one attached hydrogen (secondary N) is 3. The average Bonchev–Trinajstić information content (AvgIpc) is 2.61. The zero-order valence-electron chi connectivity index (χ0n) is 12.1. The molecule has 2 amide bonds. The molecule has 0 spiro atoms. The van der Waals surface area contributed by atoms with Gasteiger partial charge in [0.1, 0.15) is 5.54 Å². The molecule has 0 unspecified atom stereocenters. The van der Waals surface area contributed by atoms with Crippen molar-refractivity contribution in [3.8, 4) is 0 Å². The summed E-state index contributed by atoms with van der Waals surface area (Å²) in [5, 5.41) is 12.5. The van der Waals surface area contributed by atoms with Crippen molar-refractivity contribution >= 4 is 11.8 Å². The second-order valence-corrected chi connectivity index (χ2v) is 5.43. The monoisotopic (exact) mass is 266 g/mol. The van der Waals surface area contributed by atoms with Crippen molar-refractivity contribution in [3.63, 3.8) is 0 Å². The summed E-state index contributed by atoms with van der Waals surface area (Å²) in [6.07, 6.45) is 0.645. The smallest absolute Gasteiger partial charge is 0.245 e. The minimum Gasteiger partial charge on any atom is -0.351 e. The molecule has 0 saturated carbocycles. The summed E-state index contributed by atoms with van der Waals surface area (Å²) >= 11 is 0. The lowest BCUT2D eigenvalue weighted by Gasteiger charge is -2.26. The highest BCUT2D eigenvalue weighted by Gasteiger charge is 2.29. The van der Waals surface area contributed by atoms with Gasteiger partial charge in [-0.1, -0.05) is 0 Å². The standard InChI is InChI=1S/C13H22N4O2/c1-8(6-11-7-9(2)16-17-11)14-12(19)13(4,5)15-10(3)18/h7-8H,6H2,1-5H3,(H,14,19)(H,15,18)(H,16,17)/t8-/m1/s1. The lowest BCUT2D eigenvalue weighted by atomic mass is 10.0. The average molecular weight is 266 g/mol. The molecule has 0 radical (unpaired) electrons. The topological polar surface area (TPSA) is 86.9 Å².